The van der Waals surface area contributed by atoms with E-state index in [1.807, 2.05) is 27.7 Å². The summed E-state index contributed by atoms with van der Waals surface area (Å²) < 4.78 is 5.32. The quantitative estimate of drug-likeness (QED) is 0.808. The van der Waals surface area contributed by atoms with Crippen molar-refractivity contribution >= 4 is 0 Å². The molecule has 0 radical (unpaired) electrons. The first kappa shape index (κ1) is 15.1. The molecule has 1 aromatic heterocycles. The minimum atomic E-state index is 0.823. The lowest BCUT2D eigenvalue weighted by atomic mass is 10.2. The highest BCUT2D eigenvalue weighted by molar-refractivity contribution is 5.22. The van der Waals surface area contributed by atoms with Crippen molar-refractivity contribution in [2.75, 3.05) is 26.3 Å². The Labute approximate surface area is 110 Å². The number of nitrogens with zero attached hydrogens (tertiary/aromatic N) is 3. The third-order valence-corrected chi connectivity index (χ3v) is 3.15. The van der Waals surface area contributed by atoms with Crippen LogP contribution in [0.15, 0.2) is 0 Å². The Morgan fingerprint density at radius 2 is 1.50 bits per heavy atom. The fraction of sp³-hybridized carbons (Fsp3) is 0.714. The molecule has 4 heteroatoms. The van der Waals surface area contributed by atoms with E-state index in [0.717, 1.165) is 50.1 Å². The Bertz CT molecular complexity index is 350. The van der Waals surface area contributed by atoms with Gasteiger partial charge in [0, 0.05) is 24.5 Å². The largest absolute Gasteiger partial charge is 0.379 e. The molecule has 0 unspecified atom stereocenters. The molecule has 1 fully saturated rings. The Morgan fingerprint density at radius 3 is 2.00 bits per heavy atom. The zero-order chi connectivity index (χ0) is 13.5. The second-order valence-electron chi connectivity index (χ2n) is 4.32. The predicted octanol–water partition coefficient (Wildman–Crippen LogP) is 2.26. The van der Waals surface area contributed by atoms with Crippen molar-refractivity contribution in [3.05, 3.63) is 22.8 Å². The van der Waals surface area contributed by atoms with E-state index in [1.54, 1.807) is 0 Å². The Morgan fingerprint density at radius 1 is 1.00 bits per heavy atom. The van der Waals surface area contributed by atoms with Crippen molar-refractivity contribution in [3.63, 3.8) is 0 Å². The maximum Gasteiger partial charge on any atom is 0.142 e. The van der Waals surface area contributed by atoms with E-state index in [0.29, 0.717) is 0 Å². The van der Waals surface area contributed by atoms with Crippen LogP contribution in [0.5, 0.6) is 0 Å². The molecule has 0 amide bonds. The highest BCUT2D eigenvalue weighted by Gasteiger charge is 2.13. The summed E-state index contributed by atoms with van der Waals surface area (Å²) in [7, 11) is 0. The topological polar surface area (TPSA) is 38.2 Å². The molecule has 0 saturated carbocycles. The predicted molar refractivity (Wildman–Crippen MR) is 73.7 cm³/mol. The third-order valence-electron chi connectivity index (χ3n) is 3.15. The Balaban J connectivity index is 0.000000771. The van der Waals surface area contributed by atoms with Gasteiger partial charge in [-0.15, -0.1) is 0 Å². The highest BCUT2D eigenvalue weighted by Crippen LogP contribution is 2.10. The van der Waals surface area contributed by atoms with E-state index < -0.39 is 0 Å². The number of ether oxygens (including phenoxy) is 1. The number of rotatable bonds is 2. The van der Waals surface area contributed by atoms with Crippen molar-refractivity contribution < 1.29 is 4.74 Å². The average molecular weight is 251 g/mol. The van der Waals surface area contributed by atoms with Gasteiger partial charge in [-0.2, -0.15) is 0 Å². The van der Waals surface area contributed by atoms with Gasteiger partial charge in [-0.1, -0.05) is 13.8 Å². The standard InChI is InChI=1S/C12H19N3O.C2H6/c1-9-10(2)13-12(14-11(9)3)8-15-4-6-16-7-5-15;1-2/h4-8H2,1-3H3;1-2H3. The van der Waals surface area contributed by atoms with Crippen LogP contribution in [0.3, 0.4) is 0 Å². The summed E-state index contributed by atoms with van der Waals surface area (Å²) in [5.74, 6) is 0.933. The lowest BCUT2D eigenvalue weighted by molar-refractivity contribution is 0.0330. The molecule has 1 aliphatic rings. The molecule has 4 nitrogen and oxygen atoms in total. The van der Waals surface area contributed by atoms with Crippen LogP contribution in [-0.4, -0.2) is 41.2 Å². The molecular weight excluding hydrogens is 226 g/mol. The smallest absolute Gasteiger partial charge is 0.142 e. The summed E-state index contributed by atoms with van der Waals surface area (Å²) in [6, 6.07) is 0. The van der Waals surface area contributed by atoms with Gasteiger partial charge in [-0.25, -0.2) is 9.97 Å². The molecule has 102 valence electrons. The monoisotopic (exact) mass is 251 g/mol. The molecule has 1 aliphatic heterocycles. The summed E-state index contributed by atoms with van der Waals surface area (Å²) >= 11 is 0. The second kappa shape index (κ2) is 7.44. The van der Waals surface area contributed by atoms with Crippen molar-refractivity contribution in [2.24, 2.45) is 0 Å². The van der Waals surface area contributed by atoms with Crippen LogP contribution in [0, 0.1) is 20.8 Å². The molecule has 2 heterocycles. The van der Waals surface area contributed by atoms with Gasteiger partial charge in [0.05, 0.1) is 19.8 Å². The number of hydrogen-bond donors (Lipinski definition) is 0. The van der Waals surface area contributed by atoms with E-state index in [9.17, 15) is 0 Å². The molecule has 0 N–H and O–H groups in total. The van der Waals surface area contributed by atoms with Gasteiger partial charge in [-0.3, -0.25) is 4.90 Å². The lowest BCUT2D eigenvalue weighted by Crippen LogP contribution is -2.36. The summed E-state index contributed by atoms with van der Waals surface area (Å²) in [6.45, 7) is 14.6. The molecule has 0 bridgehead atoms. The van der Waals surface area contributed by atoms with Gasteiger partial charge >= 0.3 is 0 Å². The third kappa shape index (κ3) is 4.03. The van der Waals surface area contributed by atoms with E-state index in [4.69, 9.17) is 4.74 Å². The number of hydrogen-bond acceptors (Lipinski definition) is 4. The van der Waals surface area contributed by atoms with Crippen LogP contribution >= 0.6 is 0 Å². The first-order valence-electron chi connectivity index (χ1n) is 6.77. The van der Waals surface area contributed by atoms with Gasteiger partial charge in [-0.05, 0) is 26.3 Å². The first-order valence-corrected chi connectivity index (χ1v) is 6.77. The number of morpholine rings is 1. The maximum atomic E-state index is 5.32. The summed E-state index contributed by atoms with van der Waals surface area (Å²) in [5.41, 5.74) is 3.39. The summed E-state index contributed by atoms with van der Waals surface area (Å²) in [5, 5.41) is 0. The maximum absolute atomic E-state index is 5.32. The molecule has 0 aliphatic carbocycles. The van der Waals surface area contributed by atoms with Crippen molar-refractivity contribution in [2.45, 2.75) is 41.2 Å². The molecule has 18 heavy (non-hydrogen) atoms. The van der Waals surface area contributed by atoms with Crippen LogP contribution in [-0.2, 0) is 11.3 Å². The van der Waals surface area contributed by atoms with E-state index >= 15 is 0 Å². The van der Waals surface area contributed by atoms with E-state index in [1.165, 1.54) is 5.56 Å². The molecule has 1 aromatic rings. The van der Waals surface area contributed by atoms with Gasteiger partial charge in [0.2, 0.25) is 0 Å². The fourth-order valence-electron chi connectivity index (χ4n) is 1.87. The van der Waals surface area contributed by atoms with Crippen LogP contribution in [0.4, 0.5) is 0 Å². The second-order valence-corrected chi connectivity index (χ2v) is 4.32. The van der Waals surface area contributed by atoms with E-state index in [-0.39, 0.29) is 0 Å². The van der Waals surface area contributed by atoms with Crippen LogP contribution in [0.1, 0.15) is 36.6 Å². The lowest BCUT2D eigenvalue weighted by Gasteiger charge is -2.26. The van der Waals surface area contributed by atoms with Gasteiger partial charge in [0.15, 0.2) is 0 Å². The van der Waals surface area contributed by atoms with Gasteiger partial charge < -0.3 is 4.74 Å². The SMILES string of the molecule is CC.Cc1nc(CN2CCOCC2)nc(C)c1C. The van der Waals surface area contributed by atoms with E-state index in [2.05, 4.69) is 21.8 Å². The Kier molecular flexibility index (Phi) is 6.22. The summed E-state index contributed by atoms with van der Waals surface area (Å²) in [4.78, 5) is 11.4. The van der Waals surface area contributed by atoms with Crippen LogP contribution in [0.25, 0.3) is 0 Å². The zero-order valence-corrected chi connectivity index (χ0v) is 12.3. The minimum Gasteiger partial charge on any atom is -0.379 e. The van der Waals surface area contributed by atoms with Gasteiger partial charge in [0.1, 0.15) is 5.82 Å². The van der Waals surface area contributed by atoms with Crippen LogP contribution in [0.2, 0.25) is 0 Å². The minimum absolute atomic E-state index is 0.823. The normalized spacial score (nSPS) is 16.1. The molecule has 0 aromatic carbocycles. The highest BCUT2D eigenvalue weighted by atomic mass is 16.5. The molecule has 1 saturated heterocycles. The molecular formula is C14H25N3O. The average Bonchev–Trinajstić information content (AvgIpc) is 2.39. The Hall–Kier alpha value is -1.00. The van der Waals surface area contributed by atoms with Crippen molar-refractivity contribution in [1.29, 1.82) is 0 Å². The number of aromatic nitrogens is 2. The first-order chi connectivity index (χ1) is 8.66. The number of aryl methyl sites for hydroxylation is 2. The molecule has 0 atom stereocenters. The van der Waals surface area contributed by atoms with Crippen molar-refractivity contribution in [1.82, 2.24) is 14.9 Å². The van der Waals surface area contributed by atoms with Crippen molar-refractivity contribution in [3.8, 4) is 0 Å². The van der Waals surface area contributed by atoms with Crippen LogP contribution < -0.4 is 0 Å². The zero-order valence-electron chi connectivity index (χ0n) is 12.3. The fourth-order valence-corrected chi connectivity index (χ4v) is 1.87. The molecule has 2 rings (SSSR count). The summed E-state index contributed by atoms with van der Waals surface area (Å²) in [6.07, 6.45) is 0. The molecule has 0 spiro atoms. The van der Waals surface area contributed by atoms with Gasteiger partial charge in [0.25, 0.3) is 0 Å².